The van der Waals surface area contributed by atoms with E-state index in [1.54, 1.807) is 0 Å². The summed E-state index contributed by atoms with van der Waals surface area (Å²) in [6.45, 7) is 0.867. The second-order valence-electron chi connectivity index (χ2n) is 7.72. The molecule has 1 aliphatic rings. The number of carbonyl (C=O) groups excluding carboxylic acids is 1. The lowest BCUT2D eigenvalue weighted by atomic mass is 10.1. The van der Waals surface area contributed by atoms with Gasteiger partial charge in [0.2, 0.25) is 5.88 Å². The molecule has 0 saturated carbocycles. The minimum atomic E-state index is -0.775. The van der Waals surface area contributed by atoms with Crippen molar-refractivity contribution in [2.24, 2.45) is 0 Å². The van der Waals surface area contributed by atoms with Crippen LogP contribution < -0.4 is 19.7 Å². The highest BCUT2D eigenvalue weighted by Gasteiger charge is 2.26. The molecule has 4 rings (SSSR count). The molecule has 180 valence electrons. The van der Waals surface area contributed by atoms with Crippen molar-refractivity contribution in [3.05, 3.63) is 71.3 Å². The molecule has 1 N–H and O–H groups in total. The lowest BCUT2D eigenvalue weighted by Crippen LogP contribution is -2.39. The van der Waals surface area contributed by atoms with E-state index in [9.17, 15) is 23.2 Å². The fraction of sp³-hybridized carbons (Fsp3) is 0.250. The van der Waals surface area contributed by atoms with E-state index in [-0.39, 0.29) is 29.0 Å². The lowest BCUT2D eigenvalue weighted by molar-refractivity contribution is 0.102. The van der Waals surface area contributed by atoms with Crippen LogP contribution in [0, 0.1) is 28.8 Å². The van der Waals surface area contributed by atoms with Gasteiger partial charge in [0.25, 0.3) is 5.91 Å². The molecule has 0 spiro atoms. The quantitative estimate of drug-likeness (QED) is 0.564. The molecule has 8 nitrogen and oxygen atoms in total. The molecule has 1 aliphatic heterocycles. The van der Waals surface area contributed by atoms with Gasteiger partial charge in [-0.25, -0.2) is 23.1 Å². The van der Waals surface area contributed by atoms with E-state index in [1.165, 1.54) is 25.3 Å². The van der Waals surface area contributed by atoms with Crippen LogP contribution in [-0.4, -0.2) is 42.2 Å². The number of nitrogens with one attached hydrogen (secondary N) is 1. The van der Waals surface area contributed by atoms with Crippen LogP contribution >= 0.6 is 0 Å². The summed E-state index contributed by atoms with van der Waals surface area (Å²) in [7, 11) is 1.32. The number of methoxy groups -OCH3 is 1. The van der Waals surface area contributed by atoms with E-state index in [0.29, 0.717) is 37.4 Å². The average molecular weight is 483 g/mol. The maximum absolute atomic E-state index is 13.9. The minimum absolute atomic E-state index is 0.0277. The summed E-state index contributed by atoms with van der Waals surface area (Å²) in [4.78, 5) is 22.8. The van der Waals surface area contributed by atoms with Gasteiger partial charge in [0.15, 0.2) is 17.4 Å². The van der Waals surface area contributed by atoms with E-state index in [0.717, 1.165) is 24.4 Å². The van der Waals surface area contributed by atoms with Crippen molar-refractivity contribution >= 4 is 17.4 Å². The number of piperidine rings is 1. The second-order valence-corrected chi connectivity index (χ2v) is 7.72. The minimum Gasteiger partial charge on any atom is -0.487 e. The molecule has 35 heavy (non-hydrogen) atoms. The van der Waals surface area contributed by atoms with Crippen LogP contribution in [0.5, 0.6) is 11.6 Å². The number of halogens is 3. The molecule has 3 aromatic rings. The third-order valence-electron chi connectivity index (χ3n) is 5.42. The lowest BCUT2D eigenvalue weighted by Gasteiger charge is -2.34. The van der Waals surface area contributed by atoms with Crippen LogP contribution in [0.3, 0.4) is 0 Å². The number of nitrogens with zero attached hydrogens (tertiary/aromatic N) is 4. The number of rotatable bonds is 6. The summed E-state index contributed by atoms with van der Waals surface area (Å²) in [5.74, 6) is -2.54. The zero-order chi connectivity index (χ0) is 24.9. The van der Waals surface area contributed by atoms with Crippen LogP contribution in [0.2, 0.25) is 0 Å². The maximum Gasteiger partial charge on any atom is 0.261 e. The molecule has 0 radical (unpaired) electrons. The van der Waals surface area contributed by atoms with Gasteiger partial charge < -0.3 is 19.7 Å². The summed E-state index contributed by atoms with van der Waals surface area (Å²) in [6.07, 6.45) is 1.61. The third kappa shape index (κ3) is 5.43. The molecule has 2 aromatic heterocycles. The van der Waals surface area contributed by atoms with Gasteiger partial charge in [-0.15, -0.1) is 0 Å². The Kier molecular flexibility index (Phi) is 7.01. The second kappa shape index (κ2) is 10.3. The molecule has 1 aromatic carbocycles. The molecule has 11 heteroatoms. The van der Waals surface area contributed by atoms with E-state index >= 15 is 0 Å². The van der Waals surface area contributed by atoms with Gasteiger partial charge >= 0.3 is 0 Å². The number of hydrogen-bond donors (Lipinski definition) is 1. The number of aromatic nitrogens is 2. The highest BCUT2D eigenvalue weighted by Crippen LogP contribution is 2.30. The van der Waals surface area contributed by atoms with Crippen molar-refractivity contribution in [1.29, 1.82) is 5.26 Å². The Hall–Kier alpha value is -4.33. The molecule has 1 fully saturated rings. The van der Waals surface area contributed by atoms with Crippen molar-refractivity contribution in [2.45, 2.75) is 18.9 Å². The molecule has 1 amide bonds. The van der Waals surface area contributed by atoms with Crippen LogP contribution in [0.15, 0.2) is 42.6 Å². The van der Waals surface area contributed by atoms with E-state index in [2.05, 4.69) is 15.3 Å². The molecule has 0 unspecified atom stereocenters. The van der Waals surface area contributed by atoms with Crippen molar-refractivity contribution in [3.8, 4) is 17.7 Å². The van der Waals surface area contributed by atoms with Crippen LogP contribution in [0.1, 0.15) is 28.9 Å². The first kappa shape index (κ1) is 23.8. The Balaban J connectivity index is 1.51. The van der Waals surface area contributed by atoms with Gasteiger partial charge in [-0.2, -0.15) is 5.26 Å². The van der Waals surface area contributed by atoms with Crippen molar-refractivity contribution in [2.75, 3.05) is 30.4 Å². The molecule has 0 bridgehead atoms. The Morgan fingerprint density at radius 1 is 1.14 bits per heavy atom. The molecular weight excluding hydrogens is 463 g/mol. The van der Waals surface area contributed by atoms with E-state index in [4.69, 9.17) is 9.47 Å². The third-order valence-corrected chi connectivity index (χ3v) is 5.42. The summed E-state index contributed by atoms with van der Waals surface area (Å²) < 4.78 is 51.5. The normalized spacial score (nSPS) is 13.7. The fourth-order valence-corrected chi connectivity index (χ4v) is 3.73. The molecule has 0 atom stereocenters. The van der Waals surface area contributed by atoms with E-state index in [1.807, 2.05) is 11.0 Å². The first-order valence-corrected chi connectivity index (χ1v) is 10.7. The van der Waals surface area contributed by atoms with Gasteiger partial charge in [-0.05, 0) is 30.3 Å². The Bertz CT molecular complexity index is 1290. The first-order valence-electron chi connectivity index (χ1n) is 10.7. The number of nitriles is 1. The zero-order valence-electron chi connectivity index (χ0n) is 18.6. The zero-order valence-corrected chi connectivity index (χ0v) is 18.6. The number of hydrogen-bond acceptors (Lipinski definition) is 7. The monoisotopic (exact) mass is 483 g/mol. The number of amides is 1. The van der Waals surface area contributed by atoms with Crippen LogP contribution in [0.25, 0.3) is 0 Å². The summed E-state index contributed by atoms with van der Waals surface area (Å²) in [5.41, 5.74) is 0.357. The van der Waals surface area contributed by atoms with E-state index < -0.39 is 23.4 Å². The predicted molar refractivity (Wildman–Crippen MR) is 120 cm³/mol. The van der Waals surface area contributed by atoms with Crippen molar-refractivity contribution < 1.29 is 27.4 Å². The molecule has 1 saturated heterocycles. The number of anilines is 2. The van der Waals surface area contributed by atoms with Gasteiger partial charge in [-0.1, -0.05) is 0 Å². The highest BCUT2D eigenvalue weighted by atomic mass is 19.1. The summed E-state index contributed by atoms with van der Waals surface area (Å²) in [6, 6.07) is 9.11. The van der Waals surface area contributed by atoms with Gasteiger partial charge in [0, 0.05) is 32.0 Å². The fourth-order valence-electron chi connectivity index (χ4n) is 3.73. The molecular formula is C24H20F3N5O3. The highest BCUT2D eigenvalue weighted by molar-refractivity contribution is 6.07. The number of pyridine rings is 2. The molecule has 0 aliphatic carbocycles. The maximum atomic E-state index is 13.9. The Labute approximate surface area is 198 Å². The van der Waals surface area contributed by atoms with Crippen molar-refractivity contribution in [3.63, 3.8) is 0 Å². The summed E-state index contributed by atoms with van der Waals surface area (Å²) >= 11 is 0. The van der Waals surface area contributed by atoms with Gasteiger partial charge in [0.05, 0.1) is 19.0 Å². The summed E-state index contributed by atoms with van der Waals surface area (Å²) in [5, 5.41) is 12.0. The standard InChI is InChI=1S/C24H20F3N5O3/c1-34-24-18(10-15(26)13-29-24)23(33)31-20-4-3-16(12-28)30-22(20)32-8-6-17(7-9-32)35-21-5-2-14(25)11-19(21)27/h2-5,10-11,13,17H,6-9H2,1H3,(H,31,33). The number of benzene rings is 1. The largest absolute Gasteiger partial charge is 0.487 e. The van der Waals surface area contributed by atoms with Gasteiger partial charge in [0.1, 0.15) is 35.1 Å². The van der Waals surface area contributed by atoms with Crippen LogP contribution in [-0.2, 0) is 0 Å². The Morgan fingerprint density at radius 2 is 1.91 bits per heavy atom. The number of ether oxygens (including phenoxy) is 2. The Morgan fingerprint density at radius 3 is 2.60 bits per heavy atom. The van der Waals surface area contributed by atoms with Gasteiger partial charge in [-0.3, -0.25) is 4.79 Å². The SMILES string of the molecule is COc1ncc(F)cc1C(=O)Nc1ccc(C#N)nc1N1CCC(Oc2ccc(F)cc2F)CC1. The average Bonchev–Trinajstić information content (AvgIpc) is 2.86. The van der Waals surface area contributed by atoms with Crippen LogP contribution in [0.4, 0.5) is 24.7 Å². The number of carbonyl (C=O) groups is 1. The first-order chi connectivity index (χ1) is 16.9. The topological polar surface area (TPSA) is 100 Å². The van der Waals surface area contributed by atoms with Crippen molar-refractivity contribution in [1.82, 2.24) is 9.97 Å². The molecule has 3 heterocycles. The predicted octanol–water partition coefficient (Wildman–Crippen LogP) is 4.07. The smallest absolute Gasteiger partial charge is 0.261 e.